The van der Waals surface area contributed by atoms with E-state index in [1.165, 1.54) is 128 Å². The van der Waals surface area contributed by atoms with Crippen molar-refractivity contribution in [2.45, 2.75) is 168 Å². The lowest BCUT2D eigenvalue weighted by molar-refractivity contribution is -0.981. The first-order chi connectivity index (χ1) is 17.5. The summed E-state index contributed by atoms with van der Waals surface area (Å²) in [6, 6.07) is 0. The van der Waals surface area contributed by atoms with Crippen LogP contribution in [0.25, 0.3) is 0 Å². The number of rotatable bonds is 28. The van der Waals surface area contributed by atoms with E-state index in [4.69, 9.17) is 25.0 Å². The van der Waals surface area contributed by atoms with Gasteiger partial charge in [-0.2, -0.15) is 9.68 Å². The lowest BCUT2D eigenvalue weighted by atomic mass is 10.1. The molecule has 8 heteroatoms. The molecule has 216 valence electrons. The van der Waals surface area contributed by atoms with Crippen LogP contribution in [0.4, 0.5) is 0 Å². The number of nitrogens with zero attached hydrogens (tertiary/aromatic N) is 2. The smallest absolute Gasteiger partial charge is 0.356 e. The standard InChI is InChI=1S/C28H58NO3.NO3/c1-3-5-7-9-11-13-15-17-19-21-23-25-27-31-29(30)32-28-26-24-22-20-18-16-14-12-10-8-6-4-2;2-1(3)4/h3-28H2,1-2H3;/q+1;-1. The molecule has 36 heavy (non-hydrogen) atoms. The van der Waals surface area contributed by atoms with Crippen LogP contribution in [0.1, 0.15) is 168 Å². The van der Waals surface area contributed by atoms with E-state index in [-0.39, 0.29) is 0 Å². The Labute approximate surface area is 221 Å². The van der Waals surface area contributed by atoms with Crippen LogP contribution in [-0.2, 0) is 9.68 Å². The maximum atomic E-state index is 11.5. The van der Waals surface area contributed by atoms with Gasteiger partial charge in [0.15, 0.2) is 13.2 Å². The summed E-state index contributed by atoms with van der Waals surface area (Å²) >= 11 is 0. The molecule has 0 saturated heterocycles. The van der Waals surface area contributed by atoms with Gasteiger partial charge in [-0.05, 0) is 25.7 Å². The first-order valence-electron chi connectivity index (χ1n) is 15.1. The zero-order chi connectivity index (χ0) is 27.0. The first kappa shape index (κ1) is 36.6. The molecular formula is C28H58N2O6. The highest BCUT2D eigenvalue weighted by Gasteiger charge is 2.11. The Kier molecular flexibility index (Phi) is 33.9. The molecule has 0 bridgehead atoms. The summed E-state index contributed by atoms with van der Waals surface area (Å²) in [5.41, 5.74) is 0. The predicted octanol–water partition coefficient (Wildman–Crippen LogP) is 9.79. The Morgan fingerprint density at radius 2 is 0.611 bits per heavy atom. The molecule has 0 aromatic rings. The summed E-state index contributed by atoms with van der Waals surface area (Å²) in [7, 11) is 0. The Balaban J connectivity index is 0. The van der Waals surface area contributed by atoms with E-state index in [0.717, 1.165) is 25.7 Å². The lowest BCUT2D eigenvalue weighted by Crippen LogP contribution is -2.12. The van der Waals surface area contributed by atoms with Gasteiger partial charge in [0.1, 0.15) is 4.91 Å². The quantitative estimate of drug-likeness (QED) is 0.0579. The molecule has 0 atom stereocenters. The van der Waals surface area contributed by atoms with E-state index in [1.807, 2.05) is 0 Å². The van der Waals surface area contributed by atoms with E-state index < -0.39 is 5.09 Å². The van der Waals surface area contributed by atoms with Crippen molar-refractivity contribution in [1.29, 1.82) is 0 Å². The molecule has 0 amide bonds. The molecule has 0 spiro atoms. The van der Waals surface area contributed by atoms with Crippen molar-refractivity contribution >= 4 is 0 Å². The average Bonchev–Trinajstić information content (AvgIpc) is 2.84. The second-order valence-electron chi connectivity index (χ2n) is 9.89. The van der Waals surface area contributed by atoms with Crippen LogP contribution >= 0.6 is 0 Å². The first-order valence-corrected chi connectivity index (χ1v) is 15.1. The molecule has 0 aliphatic heterocycles. The van der Waals surface area contributed by atoms with E-state index in [1.54, 1.807) is 0 Å². The molecule has 0 fully saturated rings. The Bertz CT molecular complexity index is 416. The highest BCUT2D eigenvalue weighted by atomic mass is 17.0. The molecular weight excluding hydrogens is 460 g/mol. The zero-order valence-corrected chi connectivity index (χ0v) is 23.7. The van der Waals surface area contributed by atoms with E-state index in [2.05, 4.69) is 13.8 Å². The summed E-state index contributed by atoms with van der Waals surface area (Å²) in [6.07, 6.45) is 31.5. The van der Waals surface area contributed by atoms with Crippen LogP contribution in [0.3, 0.4) is 0 Å². The molecule has 0 unspecified atom stereocenters. The largest absolute Gasteiger partial charge is 0.477 e. The highest BCUT2D eigenvalue weighted by Crippen LogP contribution is 2.13. The van der Waals surface area contributed by atoms with Crippen molar-refractivity contribution in [3.8, 4) is 0 Å². The minimum absolute atomic E-state index is 0.330. The Morgan fingerprint density at radius 1 is 0.417 bits per heavy atom. The normalized spacial score (nSPS) is 10.5. The van der Waals surface area contributed by atoms with Gasteiger partial charge in [0.25, 0.3) is 0 Å². The molecule has 0 heterocycles. The Hall–Kier alpha value is -1.60. The van der Waals surface area contributed by atoms with Gasteiger partial charge in [-0.25, -0.2) is 0 Å². The van der Waals surface area contributed by atoms with Crippen molar-refractivity contribution in [3.05, 3.63) is 20.2 Å². The SMILES string of the molecule is CCCCCCCCCCCCCCO[N+](=O)OCCCCCCCCCCCCCC.O=[N+]([O-])[O-]. The zero-order valence-electron chi connectivity index (χ0n) is 23.7. The van der Waals surface area contributed by atoms with Crippen molar-refractivity contribution in [2.75, 3.05) is 13.2 Å². The summed E-state index contributed by atoms with van der Waals surface area (Å²) in [5, 5.41) is 15.1. The third kappa shape index (κ3) is 39.6. The second-order valence-corrected chi connectivity index (χ2v) is 9.89. The minimum atomic E-state index is -1.75. The molecule has 0 radical (unpaired) electrons. The molecule has 0 rings (SSSR count). The van der Waals surface area contributed by atoms with Crippen LogP contribution in [-0.4, -0.2) is 23.4 Å². The van der Waals surface area contributed by atoms with Crippen LogP contribution in [0.5, 0.6) is 0 Å². The van der Waals surface area contributed by atoms with Crippen molar-refractivity contribution in [2.24, 2.45) is 0 Å². The van der Waals surface area contributed by atoms with Crippen molar-refractivity contribution in [1.82, 2.24) is 0 Å². The molecule has 8 nitrogen and oxygen atoms in total. The molecule has 0 saturated carbocycles. The van der Waals surface area contributed by atoms with Crippen LogP contribution in [0.2, 0.25) is 0 Å². The number of unbranched alkanes of at least 4 members (excludes halogenated alkanes) is 22. The highest BCUT2D eigenvalue weighted by molar-refractivity contribution is 4.49. The van der Waals surface area contributed by atoms with Crippen LogP contribution in [0.15, 0.2) is 0 Å². The summed E-state index contributed by atoms with van der Waals surface area (Å²) < 4.78 is 0. The fourth-order valence-corrected chi connectivity index (χ4v) is 4.20. The molecule has 0 aromatic carbocycles. The maximum Gasteiger partial charge on any atom is 0.477 e. The van der Waals surface area contributed by atoms with Crippen LogP contribution in [0, 0.1) is 20.2 Å². The fourth-order valence-electron chi connectivity index (χ4n) is 4.20. The average molecular weight is 519 g/mol. The second kappa shape index (κ2) is 33.4. The van der Waals surface area contributed by atoms with Gasteiger partial charge in [-0.3, -0.25) is 0 Å². The minimum Gasteiger partial charge on any atom is -0.356 e. The molecule has 0 aliphatic carbocycles. The van der Waals surface area contributed by atoms with Gasteiger partial charge in [0.2, 0.25) is 0 Å². The van der Waals surface area contributed by atoms with E-state index >= 15 is 0 Å². The molecule has 0 aromatic heterocycles. The Morgan fingerprint density at radius 3 is 0.833 bits per heavy atom. The van der Waals surface area contributed by atoms with Gasteiger partial charge in [0, 0.05) is 0 Å². The van der Waals surface area contributed by atoms with Crippen LogP contribution < -0.4 is 0 Å². The molecule has 0 aliphatic rings. The van der Waals surface area contributed by atoms with E-state index in [0.29, 0.717) is 18.3 Å². The van der Waals surface area contributed by atoms with E-state index in [9.17, 15) is 4.91 Å². The van der Waals surface area contributed by atoms with Gasteiger partial charge in [0.05, 0.1) is 5.09 Å². The number of hydrogen-bond acceptors (Lipinski definition) is 6. The van der Waals surface area contributed by atoms with Gasteiger partial charge in [-0.1, -0.05) is 142 Å². The topological polar surface area (TPSA) is 105 Å². The van der Waals surface area contributed by atoms with Gasteiger partial charge in [-0.15, -0.1) is 0 Å². The predicted molar refractivity (Wildman–Crippen MR) is 148 cm³/mol. The van der Waals surface area contributed by atoms with Gasteiger partial charge < -0.3 is 15.3 Å². The lowest BCUT2D eigenvalue weighted by Gasteiger charge is -2.02. The summed E-state index contributed by atoms with van der Waals surface area (Å²) in [5.74, 6) is 0. The fraction of sp³-hybridized carbons (Fsp3) is 1.00. The molecule has 0 N–H and O–H groups in total. The third-order valence-corrected chi connectivity index (χ3v) is 6.39. The monoisotopic (exact) mass is 518 g/mol. The maximum absolute atomic E-state index is 11.5. The third-order valence-electron chi connectivity index (χ3n) is 6.39. The summed E-state index contributed by atoms with van der Waals surface area (Å²) in [6.45, 7) is 5.49. The summed E-state index contributed by atoms with van der Waals surface area (Å²) in [4.78, 5) is 30.0. The number of hydrogen-bond donors (Lipinski definition) is 0. The van der Waals surface area contributed by atoms with Crippen molar-refractivity contribution in [3.63, 3.8) is 0 Å². The van der Waals surface area contributed by atoms with Gasteiger partial charge >= 0.3 is 5.09 Å². The van der Waals surface area contributed by atoms with Crippen molar-refractivity contribution < 1.29 is 19.8 Å².